The molecule has 9 nitrogen and oxygen atoms in total. The monoisotopic (exact) mass is 392 g/mol. The fourth-order valence-corrected chi connectivity index (χ4v) is 4.37. The predicted molar refractivity (Wildman–Crippen MR) is 92.6 cm³/mol. The minimum atomic E-state index is -4.10. The fraction of sp³-hybridized carbons (Fsp3) is 0. The molecule has 0 spiro atoms. The number of rotatable bonds is 2. The van der Waals surface area contributed by atoms with E-state index in [9.17, 15) is 23.2 Å². The van der Waals surface area contributed by atoms with Crippen LogP contribution in [0.4, 0.5) is 0 Å². The van der Waals surface area contributed by atoms with E-state index >= 15 is 0 Å². The Balaban J connectivity index is 2.09. The third-order valence-corrected chi connectivity index (χ3v) is 6.07. The van der Waals surface area contributed by atoms with E-state index in [4.69, 9.17) is 11.6 Å². The number of hydrogen-bond donors (Lipinski definition) is 3. The van der Waals surface area contributed by atoms with E-state index in [0.717, 1.165) is 5.39 Å². The molecule has 11 heteroatoms. The van der Waals surface area contributed by atoms with Crippen molar-refractivity contribution in [2.45, 2.75) is 9.79 Å². The summed E-state index contributed by atoms with van der Waals surface area (Å²) in [5.41, 5.74) is -2.06. The number of H-pyrrole nitrogens is 2. The van der Waals surface area contributed by atoms with Gasteiger partial charge in [-0.05, 0) is 30.3 Å². The summed E-state index contributed by atoms with van der Waals surface area (Å²) in [6.07, 6.45) is 1.55. The Morgan fingerprint density at radius 1 is 1.15 bits per heavy atom. The zero-order valence-corrected chi connectivity index (χ0v) is 14.3. The number of fused-ring (bicyclic) bond motifs is 2. The van der Waals surface area contributed by atoms with Gasteiger partial charge in [0.25, 0.3) is 5.56 Å². The van der Waals surface area contributed by atoms with Crippen LogP contribution in [0.1, 0.15) is 0 Å². The second-order valence-electron chi connectivity index (χ2n) is 5.47. The van der Waals surface area contributed by atoms with Gasteiger partial charge in [-0.2, -0.15) is 5.10 Å². The van der Waals surface area contributed by atoms with Gasteiger partial charge in [0.2, 0.25) is 9.84 Å². The van der Waals surface area contributed by atoms with Crippen molar-refractivity contribution < 1.29 is 13.6 Å². The summed E-state index contributed by atoms with van der Waals surface area (Å²) in [5.74, 6) is 0. The lowest BCUT2D eigenvalue weighted by atomic mass is 10.2. The lowest BCUT2D eigenvalue weighted by Crippen LogP contribution is -2.33. The third kappa shape index (κ3) is 2.23. The van der Waals surface area contributed by atoms with Crippen molar-refractivity contribution >= 4 is 43.2 Å². The summed E-state index contributed by atoms with van der Waals surface area (Å²) in [6.45, 7) is 0. The summed E-state index contributed by atoms with van der Waals surface area (Å²) in [4.78, 5) is 25.7. The molecule has 0 saturated carbocycles. The van der Waals surface area contributed by atoms with Crippen molar-refractivity contribution in [1.82, 2.24) is 19.9 Å². The minimum Gasteiger partial charge on any atom is -0.421 e. The molecule has 0 amide bonds. The molecule has 26 heavy (non-hydrogen) atoms. The molecule has 0 aliphatic carbocycles. The highest BCUT2D eigenvalue weighted by atomic mass is 35.5. The Kier molecular flexibility index (Phi) is 3.43. The third-order valence-electron chi connectivity index (χ3n) is 3.96. The maximum absolute atomic E-state index is 13.1. The van der Waals surface area contributed by atoms with E-state index in [0.29, 0.717) is 5.52 Å². The van der Waals surface area contributed by atoms with Crippen LogP contribution in [0.5, 0.6) is 0 Å². The molecule has 0 unspecified atom stereocenters. The van der Waals surface area contributed by atoms with Crippen LogP contribution in [-0.2, 0) is 9.84 Å². The molecule has 2 heterocycles. The summed E-state index contributed by atoms with van der Waals surface area (Å²) < 4.78 is 26.0. The van der Waals surface area contributed by atoms with Crippen molar-refractivity contribution in [3.05, 3.63) is 62.4 Å². The quantitative estimate of drug-likeness (QED) is 0.439. The Morgan fingerprint density at radius 3 is 2.69 bits per heavy atom. The maximum Gasteiger partial charge on any atom is 0.362 e. The van der Waals surface area contributed by atoms with Crippen LogP contribution in [0, 0.1) is 0 Å². The largest absolute Gasteiger partial charge is 0.421 e. The van der Waals surface area contributed by atoms with E-state index < -0.39 is 21.1 Å². The molecule has 0 fully saturated rings. The summed E-state index contributed by atoms with van der Waals surface area (Å²) in [7, 11) is -4.10. The number of sulfone groups is 1. The normalized spacial score (nSPS) is 12.0. The molecule has 0 aliphatic rings. The van der Waals surface area contributed by atoms with E-state index in [1.807, 2.05) is 0 Å². The predicted octanol–water partition coefficient (Wildman–Crippen LogP) is 1.29. The van der Waals surface area contributed by atoms with Crippen LogP contribution >= 0.6 is 11.6 Å². The first-order chi connectivity index (χ1) is 12.3. The first kappa shape index (κ1) is 16.4. The van der Waals surface area contributed by atoms with Gasteiger partial charge in [-0.1, -0.05) is 16.3 Å². The molecule has 0 aliphatic heterocycles. The Bertz CT molecular complexity index is 1420. The molecule has 4 aromatic rings. The summed E-state index contributed by atoms with van der Waals surface area (Å²) in [6, 6.07) is 6.76. The number of benzene rings is 2. The molecular weight excluding hydrogens is 384 g/mol. The second-order valence-corrected chi connectivity index (χ2v) is 7.79. The standard InChI is InChI=1S/C15H9ClN4O5S/c16-9-3-4-11(13-12(9)14(21)20(23)15(22)18-13)26(24,25)8-2-1-7-6-17-19-10(7)5-8/h1-6,23H,(H,17,19)(H,18,22). The van der Waals surface area contributed by atoms with Gasteiger partial charge in [0.05, 0.1) is 37.4 Å². The van der Waals surface area contributed by atoms with E-state index in [1.165, 1.54) is 24.3 Å². The van der Waals surface area contributed by atoms with Gasteiger partial charge in [-0.15, -0.1) is 0 Å². The second kappa shape index (κ2) is 5.44. The number of halogens is 1. The number of nitrogens with one attached hydrogen (secondary N) is 2. The van der Waals surface area contributed by atoms with Gasteiger partial charge in [-0.3, -0.25) is 9.89 Å². The molecule has 0 radical (unpaired) electrons. The van der Waals surface area contributed by atoms with Gasteiger partial charge in [0.1, 0.15) is 0 Å². The van der Waals surface area contributed by atoms with Crippen molar-refractivity contribution in [1.29, 1.82) is 0 Å². The Hall–Kier alpha value is -3.11. The molecular formula is C15H9ClN4O5S. The van der Waals surface area contributed by atoms with Crippen molar-refractivity contribution in [3.8, 4) is 0 Å². The van der Waals surface area contributed by atoms with Crippen LogP contribution < -0.4 is 11.2 Å². The van der Waals surface area contributed by atoms with Gasteiger partial charge in [0.15, 0.2) is 0 Å². The van der Waals surface area contributed by atoms with E-state index in [2.05, 4.69) is 15.2 Å². The highest BCUT2D eigenvalue weighted by molar-refractivity contribution is 7.91. The first-order valence-electron chi connectivity index (χ1n) is 7.16. The van der Waals surface area contributed by atoms with Gasteiger partial charge in [-0.25, -0.2) is 13.2 Å². The van der Waals surface area contributed by atoms with Crippen LogP contribution in [0.25, 0.3) is 21.8 Å². The zero-order valence-electron chi connectivity index (χ0n) is 12.7. The molecule has 0 atom stereocenters. The maximum atomic E-state index is 13.1. The van der Waals surface area contributed by atoms with Crippen LogP contribution in [0.3, 0.4) is 0 Å². The minimum absolute atomic E-state index is 0.0631. The molecule has 2 aromatic heterocycles. The summed E-state index contributed by atoms with van der Waals surface area (Å²) in [5, 5.41) is 16.3. The van der Waals surface area contributed by atoms with Crippen LogP contribution in [0.15, 0.2) is 55.9 Å². The first-order valence-corrected chi connectivity index (χ1v) is 9.02. The lowest BCUT2D eigenvalue weighted by Gasteiger charge is -2.09. The molecule has 2 aromatic carbocycles. The lowest BCUT2D eigenvalue weighted by molar-refractivity contribution is 0.162. The Labute approximate surface area is 149 Å². The molecule has 0 saturated heterocycles. The topological polar surface area (TPSA) is 138 Å². The molecule has 4 rings (SSSR count). The molecule has 3 N–H and O–H groups in total. The van der Waals surface area contributed by atoms with Crippen molar-refractivity contribution in [3.63, 3.8) is 0 Å². The number of nitrogens with zero attached hydrogens (tertiary/aromatic N) is 2. The van der Waals surface area contributed by atoms with Gasteiger partial charge in [0, 0.05) is 5.39 Å². The van der Waals surface area contributed by atoms with Crippen molar-refractivity contribution in [2.75, 3.05) is 0 Å². The highest BCUT2D eigenvalue weighted by Gasteiger charge is 2.24. The fourth-order valence-electron chi connectivity index (χ4n) is 2.68. The SMILES string of the molecule is O=c1[nH]c2c(S(=O)(=O)c3ccc4cn[nH]c4c3)ccc(Cl)c2c(=O)n1O. The highest BCUT2D eigenvalue weighted by Crippen LogP contribution is 2.30. The zero-order chi connectivity index (χ0) is 18.6. The number of hydrogen-bond acceptors (Lipinski definition) is 6. The van der Waals surface area contributed by atoms with Gasteiger partial charge < -0.3 is 10.2 Å². The average Bonchev–Trinajstić information content (AvgIpc) is 3.07. The van der Waals surface area contributed by atoms with E-state index in [1.54, 1.807) is 12.3 Å². The summed E-state index contributed by atoms with van der Waals surface area (Å²) >= 11 is 5.96. The smallest absolute Gasteiger partial charge is 0.362 e. The van der Waals surface area contributed by atoms with Crippen LogP contribution in [0.2, 0.25) is 5.02 Å². The van der Waals surface area contributed by atoms with Gasteiger partial charge >= 0.3 is 5.69 Å². The molecule has 132 valence electrons. The van der Waals surface area contributed by atoms with E-state index in [-0.39, 0.29) is 30.4 Å². The number of aromatic nitrogens is 4. The van der Waals surface area contributed by atoms with Crippen molar-refractivity contribution in [2.24, 2.45) is 0 Å². The van der Waals surface area contributed by atoms with Crippen LogP contribution in [-0.4, -0.2) is 33.5 Å². The average molecular weight is 393 g/mol. The Morgan fingerprint density at radius 2 is 1.92 bits per heavy atom. The molecule has 0 bridgehead atoms. The number of aromatic amines is 2.